The zero-order valence-electron chi connectivity index (χ0n) is 13.8. The summed E-state index contributed by atoms with van der Waals surface area (Å²) in [5, 5.41) is 5.22. The van der Waals surface area contributed by atoms with Gasteiger partial charge in [-0.05, 0) is 31.2 Å². The molecule has 1 amide bonds. The van der Waals surface area contributed by atoms with Crippen molar-refractivity contribution in [2.24, 2.45) is 0 Å². The summed E-state index contributed by atoms with van der Waals surface area (Å²) in [7, 11) is 0. The number of hydrogen-bond acceptors (Lipinski definition) is 5. The van der Waals surface area contributed by atoms with Gasteiger partial charge in [0.15, 0.2) is 11.7 Å². The van der Waals surface area contributed by atoms with Gasteiger partial charge in [-0.25, -0.2) is 4.98 Å². The third-order valence-electron chi connectivity index (χ3n) is 3.32. The molecule has 0 fully saturated rings. The van der Waals surface area contributed by atoms with E-state index in [9.17, 15) is 4.79 Å². The fourth-order valence-electron chi connectivity index (χ4n) is 2.18. The van der Waals surface area contributed by atoms with Gasteiger partial charge in [-0.3, -0.25) is 10.1 Å². The Morgan fingerprint density at radius 1 is 1.04 bits per heavy atom. The molecular weight excluding hydrogens is 336 g/mol. The average molecular weight is 354 g/mol. The van der Waals surface area contributed by atoms with Crippen LogP contribution in [0.25, 0.3) is 11.3 Å². The van der Waals surface area contributed by atoms with Crippen LogP contribution in [0.15, 0.2) is 60.0 Å². The summed E-state index contributed by atoms with van der Waals surface area (Å²) in [5.41, 5.74) is 1.86. The van der Waals surface area contributed by atoms with Crippen LogP contribution in [0.4, 0.5) is 5.13 Å². The number of nitrogens with one attached hydrogen (secondary N) is 1. The number of amides is 1. The quantitative estimate of drug-likeness (QED) is 0.690. The maximum atomic E-state index is 12.0. The van der Waals surface area contributed by atoms with E-state index in [4.69, 9.17) is 9.47 Å². The SMILES string of the molecule is CCOc1ccc(OCC(=O)Nc2nc(-c3ccccc3)cs2)cc1. The van der Waals surface area contributed by atoms with E-state index in [1.54, 1.807) is 12.1 Å². The summed E-state index contributed by atoms with van der Waals surface area (Å²) in [5.74, 6) is 1.14. The molecule has 5 nitrogen and oxygen atoms in total. The Bertz CT molecular complexity index is 816. The van der Waals surface area contributed by atoms with E-state index >= 15 is 0 Å². The minimum Gasteiger partial charge on any atom is -0.494 e. The number of benzene rings is 2. The highest BCUT2D eigenvalue weighted by atomic mass is 32.1. The summed E-state index contributed by atoms with van der Waals surface area (Å²) in [6, 6.07) is 17.0. The first-order chi connectivity index (χ1) is 12.2. The van der Waals surface area contributed by atoms with E-state index in [1.807, 2.05) is 54.8 Å². The van der Waals surface area contributed by atoms with Crippen molar-refractivity contribution in [3.8, 4) is 22.8 Å². The smallest absolute Gasteiger partial charge is 0.264 e. The van der Waals surface area contributed by atoms with Crippen LogP contribution >= 0.6 is 11.3 Å². The van der Waals surface area contributed by atoms with Crippen LogP contribution in [-0.2, 0) is 4.79 Å². The zero-order valence-corrected chi connectivity index (χ0v) is 14.6. The number of thiazole rings is 1. The minimum atomic E-state index is -0.247. The highest BCUT2D eigenvalue weighted by molar-refractivity contribution is 7.14. The molecule has 6 heteroatoms. The predicted octanol–water partition coefficient (Wildman–Crippen LogP) is 4.23. The summed E-state index contributed by atoms with van der Waals surface area (Å²) < 4.78 is 10.8. The fourth-order valence-corrected chi connectivity index (χ4v) is 2.91. The first-order valence-corrected chi connectivity index (χ1v) is 8.79. The molecule has 3 rings (SSSR count). The predicted molar refractivity (Wildman–Crippen MR) is 99.3 cm³/mol. The Morgan fingerprint density at radius 3 is 2.40 bits per heavy atom. The molecule has 0 aliphatic rings. The fraction of sp³-hybridized carbons (Fsp3) is 0.158. The minimum absolute atomic E-state index is 0.0752. The molecule has 0 bridgehead atoms. The second kappa shape index (κ2) is 8.30. The molecule has 0 saturated heterocycles. The first-order valence-electron chi connectivity index (χ1n) is 7.91. The molecule has 1 N–H and O–H groups in total. The van der Waals surface area contributed by atoms with Crippen molar-refractivity contribution in [1.82, 2.24) is 4.98 Å². The van der Waals surface area contributed by atoms with Crippen molar-refractivity contribution in [2.75, 3.05) is 18.5 Å². The molecule has 25 heavy (non-hydrogen) atoms. The monoisotopic (exact) mass is 354 g/mol. The normalized spacial score (nSPS) is 10.3. The zero-order chi connectivity index (χ0) is 17.5. The van der Waals surface area contributed by atoms with E-state index in [0.29, 0.717) is 17.5 Å². The maximum Gasteiger partial charge on any atom is 0.264 e. The summed E-state index contributed by atoms with van der Waals surface area (Å²) in [4.78, 5) is 16.4. The Kier molecular flexibility index (Phi) is 5.64. The highest BCUT2D eigenvalue weighted by Crippen LogP contribution is 2.24. The summed E-state index contributed by atoms with van der Waals surface area (Å²) >= 11 is 1.39. The third kappa shape index (κ3) is 4.81. The molecule has 128 valence electrons. The number of rotatable bonds is 7. The number of anilines is 1. The van der Waals surface area contributed by atoms with Crippen molar-refractivity contribution in [1.29, 1.82) is 0 Å². The van der Waals surface area contributed by atoms with Gasteiger partial charge in [0.25, 0.3) is 5.91 Å². The van der Waals surface area contributed by atoms with Crippen LogP contribution in [0.3, 0.4) is 0 Å². The molecule has 0 atom stereocenters. The maximum absolute atomic E-state index is 12.0. The second-order valence-electron chi connectivity index (χ2n) is 5.15. The van der Waals surface area contributed by atoms with Gasteiger partial charge in [-0.15, -0.1) is 11.3 Å². The Hall–Kier alpha value is -2.86. The van der Waals surface area contributed by atoms with Gasteiger partial charge in [0.1, 0.15) is 11.5 Å². The molecule has 0 unspecified atom stereocenters. The molecule has 0 spiro atoms. The largest absolute Gasteiger partial charge is 0.494 e. The van der Waals surface area contributed by atoms with Crippen molar-refractivity contribution < 1.29 is 14.3 Å². The van der Waals surface area contributed by atoms with Crippen molar-refractivity contribution in [3.63, 3.8) is 0 Å². The summed E-state index contributed by atoms with van der Waals surface area (Å²) in [6.45, 7) is 2.46. The molecule has 0 saturated carbocycles. The molecule has 2 aromatic carbocycles. The summed E-state index contributed by atoms with van der Waals surface area (Å²) in [6.07, 6.45) is 0. The molecule has 1 aromatic heterocycles. The molecule has 0 aliphatic carbocycles. The molecule has 1 heterocycles. The first kappa shape index (κ1) is 17.0. The van der Waals surface area contributed by atoms with Gasteiger partial charge in [-0.1, -0.05) is 30.3 Å². The van der Waals surface area contributed by atoms with Crippen LogP contribution in [0, 0.1) is 0 Å². The van der Waals surface area contributed by atoms with Crippen LogP contribution < -0.4 is 14.8 Å². The topological polar surface area (TPSA) is 60.5 Å². The van der Waals surface area contributed by atoms with Crippen LogP contribution in [0.1, 0.15) is 6.92 Å². The van der Waals surface area contributed by atoms with Crippen LogP contribution in [0.5, 0.6) is 11.5 Å². The average Bonchev–Trinajstić information content (AvgIpc) is 3.11. The van der Waals surface area contributed by atoms with Gasteiger partial charge < -0.3 is 9.47 Å². The number of ether oxygens (including phenoxy) is 2. The number of aromatic nitrogens is 1. The second-order valence-corrected chi connectivity index (χ2v) is 6.00. The van der Waals surface area contributed by atoms with Crippen molar-refractivity contribution >= 4 is 22.4 Å². The number of carbonyl (C=O) groups excluding carboxylic acids is 1. The molecule has 0 aliphatic heterocycles. The van der Waals surface area contributed by atoms with Gasteiger partial charge in [0, 0.05) is 10.9 Å². The van der Waals surface area contributed by atoms with Crippen molar-refractivity contribution in [2.45, 2.75) is 6.92 Å². The number of hydrogen-bond donors (Lipinski definition) is 1. The van der Waals surface area contributed by atoms with Gasteiger partial charge >= 0.3 is 0 Å². The van der Waals surface area contributed by atoms with E-state index in [0.717, 1.165) is 17.0 Å². The highest BCUT2D eigenvalue weighted by Gasteiger charge is 2.08. The standard InChI is InChI=1S/C19H18N2O3S/c1-2-23-15-8-10-16(11-9-15)24-12-18(22)21-19-20-17(13-25-19)14-6-4-3-5-7-14/h3-11,13H,2,12H2,1H3,(H,20,21,22). The van der Waals surface area contributed by atoms with Gasteiger partial charge in [0.05, 0.1) is 12.3 Å². The number of nitrogens with zero attached hydrogens (tertiary/aromatic N) is 1. The van der Waals surface area contributed by atoms with Crippen molar-refractivity contribution in [3.05, 3.63) is 60.0 Å². The lowest BCUT2D eigenvalue weighted by Crippen LogP contribution is -2.20. The Balaban J connectivity index is 1.52. The molecule has 0 radical (unpaired) electrons. The van der Waals surface area contributed by atoms with Crippen LogP contribution in [-0.4, -0.2) is 24.1 Å². The van der Waals surface area contributed by atoms with E-state index in [-0.39, 0.29) is 12.5 Å². The van der Waals surface area contributed by atoms with E-state index < -0.39 is 0 Å². The lowest BCUT2D eigenvalue weighted by molar-refractivity contribution is -0.118. The lowest BCUT2D eigenvalue weighted by atomic mass is 10.2. The molecular formula is C19H18N2O3S. The van der Waals surface area contributed by atoms with E-state index in [2.05, 4.69) is 10.3 Å². The third-order valence-corrected chi connectivity index (χ3v) is 4.08. The number of carbonyl (C=O) groups is 1. The Morgan fingerprint density at radius 2 is 1.72 bits per heavy atom. The van der Waals surface area contributed by atoms with E-state index in [1.165, 1.54) is 11.3 Å². The Labute approximate surface area is 150 Å². The lowest BCUT2D eigenvalue weighted by Gasteiger charge is -2.07. The van der Waals surface area contributed by atoms with Crippen LogP contribution in [0.2, 0.25) is 0 Å². The molecule has 3 aromatic rings. The van der Waals surface area contributed by atoms with Gasteiger partial charge in [-0.2, -0.15) is 0 Å². The van der Waals surface area contributed by atoms with Gasteiger partial charge in [0.2, 0.25) is 0 Å².